The summed E-state index contributed by atoms with van der Waals surface area (Å²) in [5.74, 6) is -1.54. The number of benzene rings is 1. The Morgan fingerprint density at radius 1 is 1.23 bits per heavy atom. The van der Waals surface area contributed by atoms with Crippen LogP contribution in [0, 0.1) is 20.2 Å². The summed E-state index contributed by atoms with van der Waals surface area (Å²) in [6, 6.07) is 3.18. The largest absolute Gasteiger partial charge is 0.458 e. The van der Waals surface area contributed by atoms with Gasteiger partial charge in [0.15, 0.2) is 0 Å². The molecule has 0 amide bonds. The van der Waals surface area contributed by atoms with Crippen molar-refractivity contribution in [2.24, 2.45) is 0 Å². The van der Waals surface area contributed by atoms with E-state index in [0.717, 1.165) is 12.1 Å². The lowest BCUT2D eigenvalue weighted by molar-refractivity contribution is -0.394. The molecular formula is C14H16N2O6. The van der Waals surface area contributed by atoms with E-state index in [4.69, 9.17) is 4.74 Å². The Morgan fingerprint density at radius 2 is 1.86 bits per heavy atom. The zero-order valence-electron chi connectivity index (χ0n) is 12.4. The Morgan fingerprint density at radius 3 is 2.36 bits per heavy atom. The van der Waals surface area contributed by atoms with Crippen LogP contribution < -0.4 is 0 Å². The first-order valence-corrected chi connectivity index (χ1v) is 6.54. The molecule has 0 aliphatic carbocycles. The van der Waals surface area contributed by atoms with E-state index in [1.807, 2.05) is 0 Å². The molecule has 0 heterocycles. The average Bonchev–Trinajstić information content (AvgIpc) is 2.45. The van der Waals surface area contributed by atoms with Crippen LogP contribution in [0.1, 0.15) is 32.3 Å². The lowest BCUT2D eigenvalue weighted by Gasteiger charge is -2.14. The van der Waals surface area contributed by atoms with Crippen molar-refractivity contribution >= 4 is 17.3 Å². The Kier molecular flexibility index (Phi) is 5.73. The Balaban J connectivity index is 3.11. The normalized spacial score (nSPS) is 13.6. The van der Waals surface area contributed by atoms with Crippen LogP contribution in [-0.2, 0) is 9.53 Å². The lowest BCUT2D eigenvalue weighted by Crippen LogP contribution is -2.19. The summed E-state index contributed by atoms with van der Waals surface area (Å²) in [5, 5.41) is 21.8. The van der Waals surface area contributed by atoms with E-state index in [9.17, 15) is 25.0 Å². The van der Waals surface area contributed by atoms with Gasteiger partial charge in [0.05, 0.1) is 21.8 Å². The van der Waals surface area contributed by atoms with Crippen molar-refractivity contribution in [3.8, 4) is 0 Å². The lowest BCUT2D eigenvalue weighted by atomic mass is 9.99. The van der Waals surface area contributed by atoms with E-state index in [2.05, 4.69) is 0 Å². The van der Waals surface area contributed by atoms with Crippen LogP contribution in [0.3, 0.4) is 0 Å². The molecule has 22 heavy (non-hydrogen) atoms. The molecule has 0 bridgehead atoms. The van der Waals surface area contributed by atoms with Gasteiger partial charge in [-0.05, 0) is 32.9 Å². The first-order chi connectivity index (χ1) is 10.3. The Labute approximate surface area is 126 Å². The molecule has 0 spiro atoms. The second-order valence-electron chi connectivity index (χ2n) is 4.65. The first-order valence-electron chi connectivity index (χ1n) is 6.54. The number of non-ortho nitro benzene ring substituents is 1. The molecule has 0 saturated carbocycles. The van der Waals surface area contributed by atoms with Gasteiger partial charge < -0.3 is 4.74 Å². The Bertz CT molecular complexity index is 626. The molecule has 8 heteroatoms. The highest BCUT2D eigenvalue weighted by molar-refractivity contribution is 5.79. The number of nitrogens with zero attached hydrogens (tertiary/aromatic N) is 2. The fourth-order valence-electron chi connectivity index (χ4n) is 1.89. The number of nitro benzene ring substituents is 2. The average molecular weight is 308 g/mol. The van der Waals surface area contributed by atoms with Gasteiger partial charge >= 0.3 is 5.97 Å². The molecule has 0 aliphatic heterocycles. The summed E-state index contributed by atoms with van der Waals surface area (Å²) < 4.78 is 5.14. The number of carbonyl (C=O) groups excluding carboxylic acids is 1. The molecule has 1 aromatic carbocycles. The third kappa shape index (κ3) is 4.11. The van der Waals surface area contributed by atoms with E-state index < -0.39 is 39.2 Å². The second kappa shape index (κ2) is 7.30. The van der Waals surface area contributed by atoms with Crippen LogP contribution in [0.15, 0.2) is 30.4 Å². The fraction of sp³-hybridized carbons (Fsp3) is 0.357. The van der Waals surface area contributed by atoms with Crippen molar-refractivity contribution in [2.75, 3.05) is 0 Å². The van der Waals surface area contributed by atoms with Crippen LogP contribution >= 0.6 is 0 Å². The summed E-state index contributed by atoms with van der Waals surface area (Å²) in [6.45, 7) is 4.89. The highest BCUT2D eigenvalue weighted by Crippen LogP contribution is 2.31. The second-order valence-corrected chi connectivity index (χ2v) is 4.65. The molecule has 0 aromatic heterocycles. The van der Waals surface area contributed by atoms with E-state index >= 15 is 0 Å². The number of nitro groups is 2. The molecule has 8 nitrogen and oxygen atoms in total. The maximum absolute atomic E-state index is 12.0. The predicted molar refractivity (Wildman–Crippen MR) is 78.5 cm³/mol. The van der Waals surface area contributed by atoms with Gasteiger partial charge in [0.1, 0.15) is 6.10 Å². The van der Waals surface area contributed by atoms with E-state index in [1.165, 1.54) is 13.0 Å². The van der Waals surface area contributed by atoms with E-state index in [0.29, 0.717) is 0 Å². The van der Waals surface area contributed by atoms with Gasteiger partial charge in [-0.25, -0.2) is 0 Å². The van der Waals surface area contributed by atoms with Crippen molar-refractivity contribution in [3.05, 3.63) is 56.1 Å². The summed E-state index contributed by atoms with van der Waals surface area (Å²) >= 11 is 0. The van der Waals surface area contributed by atoms with Gasteiger partial charge in [-0.3, -0.25) is 25.0 Å². The predicted octanol–water partition coefficient (Wildman–Crippen LogP) is 3.11. The van der Waals surface area contributed by atoms with Crippen molar-refractivity contribution in [1.29, 1.82) is 0 Å². The molecule has 1 rings (SSSR count). The number of carbonyl (C=O) groups is 1. The van der Waals surface area contributed by atoms with Crippen LogP contribution in [0.4, 0.5) is 11.4 Å². The van der Waals surface area contributed by atoms with Crippen LogP contribution in [0.2, 0.25) is 0 Å². The first kappa shape index (κ1) is 17.3. The topological polar surface area (TPSA) is 113 Å². The maximum Gasteiger partial charge on any atom is 0.313 e. The minimum atomic E-state index is -0.908. The van der Waals surface area contributed by atoms with Crippen LogP contribution in [0.5, 0.6) is 0 Å². The molecule has 0 aliphatic rings. The molecule has 0 N–H and O–H groups in total. The Hall–Kier alpha value is -2.77. The van der Waals surface area contributed by atoms with Crippen LogP contribution in [0.25, 0.3) is 0 Å². The fourth-order valence-corrected chi connectivity index (χ4v) is 1.89. The summed E-state index contributed by atoms with van der Waals surface area (Å²) in [6.07, 6.45) is 2.92. The van der Waals surface area contributed by atoms with Crippen molar-refractivity contribution < 1.29 is 19.4 Å². The van der Waals surface area contributed by atoms with Gasteiger partial charge in [-0.1, -0.05) is 6.08 Å². The molecule has 1 aromatic rings. The molecule has 118 valence electrons. The number of allylic oxidation sites excluding steroid dienone is 1. The molecular weight excluding hydrogens is 292 g/mol. The minimum absolute atomic E-state index is 0.0771. The zero-order chi connectivity index (χ0) is 16.9. The van der Waals surface area contributed by atoms with Gasteiger partial charge in [0.2, 0.25) is 0 Å². The van der Waals surface area contributed by atoms with Crippen molar-refractivity contribution in [2.45, 2.75) is 32.8 Å². The quantitative estimate of drug-likeness (QED) is 0.345. The summed E-state index contributed by atoms with van der Waals surface area (Å²) in [7, 11) is 0. The SMILES string of the molecule is C/C=C/C(C)OC(=O)C(C)c1ccc([N+](=O)[O-])cc1[N+](=O)[O-]. The highest BCUT2D eigenvalue weighted by Gasteiger charge is 2.28. The standard InChI is InChI=1S/C14H16N2O6/c1-4-5-9(2)22-14(17)10(3)12-7-6-11(15(18)19)8-13(12)16(20)21/h4-10H,1-3H3/b5-4+. The minimum Gasteiger partial charge on any atom is -0.458 e. The number of esters is 1. The number of hydrogen-bond acceptors (Lipinski definition) is 6. The van der Waals surface area contributed by atoms with E-state index in [1.54, 1.807) is 26.0 Å². The molecule has 2 unspecified atom stereocenters. The van der Waals surface area contributed by atoms with Gasteiger partial charge in [0.25, 0.3) is 11.4 Å². The number of ether oxygens (including phenoxy) is 1. The van der Waals surface area contributed by atoms with Crippen LogP contribution in [-0.4, -0.2) is 21.9 Å². The summed E-state index contributed by atoms with van der Waals surface area (Å²) in [5.41, 5.74) is -0.802. The third-order valence-corrected chi connectivity index (χ3v) is 3.01. The molecule has 0 saturated heterocycles. The number of hydrogen-bond donors (Lipinski definition) is 0. The van der Waals surface area contributed by atoms with Gasteiger partial charge in [0, 0.05) is 11.6 Å². The molecule has 0 fully saturated rings. The zero-order valence-corrected chi connectivity index (χ0v) is 12.4. The van der Waals surface area contributed by atoms with Gasteiger partial charge in [-0.15, -0.1) is 0 Å². The monoisotopic (exact) mass is 308 g/mol. The van der Waals surface area contributed by atoms with E-state index in [-0.39, 0.29) is 5.56 Å². The smallest absolute Gasteiger partial charge is 0.313 e. The molecule has 2 atom stereocenters. The third-order valence-electron chi connectivity index (χ3n) is 3.01. The summed E-state index contributed by atoms with van der Waals surface area (Å²) in [4.78, 5) is 32.3. The van der Waals surface area contributed by atoms with Gasteiger partial charge in [-0.2, -0.15) is 0 Å². The molecule has 0 radical (unpaired) electrons. The van der Waals surface area contributed by atoms with Crippen molar-refractivity contribution in [1.82, 2.24) is 0 Å². The number of rotatable bonds is 6. The van der Waals surface area contributed by atoms with Crippen molar-refractivity contribution in [3.63, 3.8) is 0 Å². The highest BCUT2D eigenvalue weighted by atomic mass is 16.6. The maximum atomic E-state index is 12.0.